The highest BCUT2D eigenvalue weighted by Crippen LogP contribution is 2.25. The Bertz CT molecular complexity index is 674. The van der Waals surface area contributed by atoms with Gasteiger partial charge in [0.1, 0.15) is 0 Å². The number of nitrogens with one attached hydrogen (secondary N) is 1. The zero-order valence-electron chi connectivity index (χ0n) is 12.0. The molecule has 0 saturated heterocycles. The molecule has 0 unspecified atom stereocenters. The second-order valence-electron chi connectivity index (χ2n) is 5.28. The number of carbonyl (C=O) groups is 2. The van der Waals surface area contributed by atoms with E-state index in [-0.39, 0.29) is 5.91 Å². The molecule has 1 amide bonds. The number of carboxylic acid groups (broad SMARTS) is 1. The van der Waals surface area contributed by atoms with E-state index < -0.39 is 11.4 Å². The van der Waals surface area contributed by atoms with Crippen LogP contribution < -0.4 is 5.32 Å². The van der Waals surface area contributed by atoms with Crippen LogP contribution in [0.2, 0.25) is 0 Å². The molecule has 21 heavy (non-hydrogen) atoms. The van der Waals surface area contributed by atoms with Crippen LogP contribution in [0.5, 0.6) is 0 Å². The lowest BCUT2D eigenvalue weighted by atomic mass is 9.85. The molecule has 0 radical (unpaired) electrons. The topological polar surface area (TPSA) is 79.3 Å². The number of carbonyl (C=O) groups excluding carboxylic acids is 1. The van der Waals surface area contributed by atoms with Gasteiger partial charge in [0.05, 0.1) is 16.7 Å². The molecule has 110 valence electrons. The van der Waals surface area contributed by atoms with E-state index in [1.165, 1.54) is 11.5 Å². The zero-order valence-corrected chi connectivity index (χ0v) is 12.8. The summed E-state index contributed by atoms with van der Waals surface area (Å²) in [5.74, 6) is -1.11. The molecule has 2 rings (SSSR count). The average molecular weight is 304 g/mol. The van der Waals surface area contributed by atoms with Crippen LogP contribution >= 0.6 is 11.5 Å². The quantitative estimate of drug-likeness (QED) is 0.909. The Morgan fingerprint density at radius 2 is 1.86 bits per heavy atom. The van der Waals surface area contributed by atoms with E-state index in [2.05, 4.69) is 9.69 Å². The van der Waals surface area contributed by atoms with Gasteiger partial charge in [-0.2, -0.15) is 4.37 Å². The van der Waals surface area contributed by atoms with Crippen molar-refractivity contribution in [2.24, 2.45) is 0 Å². The lowest BCUT2D eigenvalue weighted by Crippen LogP contribution is -2.28. The van der Waals surface area contributed by atoms with Gasteiger partial charge in [0.25, 0.3) is 5.91 Å². The third kappa shape index (κ3) is 3.11. The van der Waals surface area contributed by atoms with Crippen LogP contribution in [0, 0.1) is 6.92 Å². The first kappa shape index (κ1) is 15.2. The zero-order chi connectivity index (χ0) is 15.6. The van der Waals surface area contributed by atoms with Crippen LogP contribution in [0.1, 0.15) is 35.5 Å². The normalized spacial score (nSPS) is 11.2. The van der Waals surface area contributed by atoms with E-state index >= 15 is 0 Å². The maximum Gasteiger partial charge on any atom is 0.313 e. The van der Waals surface area contributed by atoms with Crippen molar-refractivity contribution in [3.05, 3.63) is 46.5 Å². The van der Waals surface area contributed by atoms with E-state index in [0.29, 0.717) is 22.5 Å². The smallest absolute Gasteiger partial charge is 0.313 e. The number of anilines is 1. The fraction of sp³-hybridized carbons (Fsp3) is 0.267. The number of rotatable bonds is 4. The van der Waals surface area contributed by atoms with Gasteiger partial charge in [0, 0.05) is 11.1 Å². The maximum absolute atomic E-state index is 12.0. The van der Waals surface area contributed by atoms with Gasteiger partial charge in [0.2, 0.25) is 0 Å². The summed E-state index contributed by atoms with van der Waals surface area (Å²) in [6.07, 6.45) is 0. The van der Waals surface area contributed by atoms with E-state index in [4.69, 9.17) is 0 Å². The van der Waals surface area contributed by atoms with Crippen molar-refractivity contribution >= 4 is 29.1 Å². The third-order valence-corrected chi connectivity index (χ3v) is 4.11. The van der Waals surface area contributed by atoms with Gasteiger partial charge in [0.15, 0.2) is 0 Å². The highest BCUT2D eigenvalue weighted by molar-refractivity contribution is 7.04. The molecule has 0 aliphatic rings. The summed E-state index contributed by atoms with van der Waals surface area (Å²) in [5.41, 5.74) is 1.59. The molecule has 5 nitrogen and oxygen atoms in total. The van der Waals surface area contributed by atoms with E-state index in [1.807, 2.05) is 0 Å². The molecule has 0 fully saturated rings. The predicted molar refractivity (Wildman–Crippen MR) is 81.9 cm³/mol. The summed E-state index contributed by atoms with van der Waals surface area (Å²) in [6.45, 7) is 5.07. The number of nitrogens with zero attached hydrogens (tertiary/aromatic N) is 1. The molecule has 0 bridgehead atoms. The average Bonchev–Trinajstić information content (AvgIpc) is 2.85. The van der Waals surface area contributed by atoms with Gasteiger partial charge in [-0.25, -0.2) is 0 Å². The molecular formula is C15H16N2O3S. The molecule has 2 aromatic rings. The Morgan fingerprint density at radius 1 is 1.24 bits per heavy atom. The van der Waals surface area contributed by atoms with Crippen molar-refractivity contribution in [3.63, 3.8) is 0 Å². The molecule has 0 saturated carbocycles. The van der Waals surface area contributed by atoms with Gasteiger partial charge in [-0.15, -0.1) is 0 Å². The lowest BCUT2D eigenvalue weighted by molar-refractivity contribution is -0.142. The van der Waals surface area contributed by atoms with Crippen LogP contribution in [0.25, 0.3) is 0 Å². The van der Waals surface area contributed by atoms with Gasteiger partial charge in [-0.05, 0) is 50.0 Å². The number of hydrogen-bond donors (Lipinski definition) is 2. The van der Waals surface area contributed by atoms with Crippen molar-refractivity contribution < 1.29 is 14.7 Å². The Kier molecular flexibility index (Phi) is 4.09. The molecule has 0 aliphatic heterocycles. The molecule has 1 aromatic carbocycles. The molecule has 0 aliphatic carbocycles. The number of aliphatic carboxylic acids is 1. The monoisotopic (exact) mass is 304 g/mol. The van der Waals surface area contributed by atoms with Gasteiger partial charge in [-0.1, -0.05) is 12.1 Å². The first-order valence-corrected chi connectivity index (χ1v) is 7.22. The van der Waals surface area contributed by atoms with Crippen LogP contribution in [-0.2, 0) is 10.2 Å². The predicted octanol–water partition coefficient (Wildman–Crippen LogP) is 3.07. The van der Waals surface area contributed by atoms with E-state index in [9.17, 15) is 14.7 Å². The summed E-state index contributed by atoms with van der Waals surface area (Å²) in [4.78, 5) is 23.2. The second kappa shape index (κ2) is 5.65. The van der Waals surface area contributed by atoms with Crippen LogP contribution in [-0.4, -0.2) is 21.4 Å². The third-order valence-electron chi connectivity index (χ3n) is 3.39. The Hall–Kier alpha value is -2.21. The van der Waals surface area contributed by atoms with Crippen molar-refractivity contribution in [1.29, 1.82) is 0 Å². The fourth-order valence-corrected chi connectivity index (χ4v) is 2.49. The molecule has 6 heteroatoms. The first-order valence-electron chi connectivity index (χ1n) is 6.38. The van der Waals surface area contributed by atoms with Crippen LogP contribution in [0.15, 0.2) is 29.6 Å². The molecule has 0 spiro atoms. The Morgan fingerprint density at radius 3 is 2.33 bits per heavy atom. The summed E-state index contributed by atoms with van der Waals surface area (Å²) in [6, 6.07) is 6.82. The SMILES string of the molecule is Cc1nscc1C(=O)Nc1ccc(C(C)(C)C(=O)O)cc1. The lowest BCUT2D eigenvalue weighted by Gasteiger charge is -2.19. The van der Waals surface area contributed by atoms with Crippen molar-refractivity contribution in [2.75, 3.05) is 5.32 Å². The number of carboxylic acids is 1. The number of amides is 1. The minimum atomic E-state index is -0.962. The Labute approximate surface area is 126 Å². The molecule has 1 heterocycles. The molecule has 2 N–H and O–H groups in total. The van der Waals surface area contributed by atoms with Gasteiger partial charge >= 0.3 is 5.97 Å². The second-order valence-corrected chi connectivity index (χ2v) is 5.90. The number of hydrogen-bond acceptors (Lipinski definition) is 4. The summed E-state index contributed by atoms with van der Waals surface area (Å²) in [5, 5.41) is 13.7. The van der Waals surface area contributed by atoms with Crippen molar-refractivity contribution in [3.8, 4) is 0 Å². The summed E-state index contributed by atoms with van der Waals surface area (Å²) >= 11 is 1.24. The van der Waals surface area contributed by atoms with E-state index in [0.717, 1.165) is 0 Å². The summed E-state index contributed by atoms with van der Waals surface area (Å²) < 4.78 is 4.06. The van der Waals surface area contributed by atoms with Crippen molar-refractivity contribution in [1.82, 2.24) is 4.37 Å². The fourth-order valence-electron chi connectivity index (χ4n) is 1.80. The maximum atomic E-state index is 12.0. The first-order chi connectivity index (χ1) is 9.82. The molecule has 1 aromatic heterocycles. The van der Waals surface area contributed by atoms with Gasteiger partial charge < -0.3 is 10.4 Å². The minimum Gasteiger partial charge on any atom is -0.481 e. The largest absolute Gasteiger partial charge is 0.481 e. The summed E-state index contributed by atoms with van der Waals surface area (Å²) in [7, 11) is 0. The highest BCUT2D eigenvalue weighted by atomic mass is 32.1. The molecule has 0 atom stereocenters. The number of benzene rings is 1. The number of aromatic nitrogens is 1. The van der Waals surface area contributed by atoms with Crippen molar-refractivity contribution in [2.45, 2.75) is 26.2 Å². The number of aryl methyl sites for hydroxylation is 1. The standard InChI is InChI=1S/C15H16N2O3S/c1-9-12(8-21-17-9)13(18)16-11-6-4-10(5-7-11)15(2,3)14(19)20/h4-8H,1-3H3,(H,16,18)(H,19,20). The van der Waals surface area contributed by atoms with E-state index in [1.54, 1.807) is 50.4 Å². The minimum absolute atomic E-state index is 0.216. The van der Waals surface area contributed by atoms with Crippen LogP contribution in [0.3, 0.4) is 0 Å². The molecular weight excluding hydrogens is 288 g/mol. The van der Waals surface area contributed by atoms with Gasteiger partial charge in [-0.3, -0.25) is 9.59 Å². The Balaban J connectivity index is 2.15. The van der Waals surface area contributed by atoms with Crippen LogP contribution in [0.4, 0.5) is 5.69 Å². The highest BCUT2D eigenvalue weighted by Gasteiger charge is 2.29.